The molecule has 5 nitrogen and oxygen atoms in total. The maximum absolute atomic E-state index is 11.3. The van der Waals surface area contributed by atoms with Crippen molar-refractivity contribution in [3.05, 3.63) is 71.4 Å². The standard InChI is InChI=1S/C20H19N3O2/c1-14-6-8-15(9-7-14)11-23-12-16(10-18(20(24)25)22-13-21)17-4-2-3-5-19(17)23/h2-9,12,18,22H,10-11H2,1H3,(H,24,25). The molecule has 0 aliphatic rings. The summed E-state index contributed by atoms with van der Waals surface area (Å²) < 4.78 is 2.13. The molecule has 1 aromatic heterocycles. The van der Waals surface area contributed by atoms with Crippen molar-refractivity contribution in [2.24, 2.45) is 0 Å². The number of nitriles is 1. The number of aliphatic carboxylic acids is 1. The van der Waals surface area contributed by atoms with Crippen LogP contribution < -0.4 is 5.32 Å². The van der Waals surface area contributed by atoms with E-state index in [2.05, 4.69) is 41.1 Å². The highest BCUT2D eigenvalue weighted by Crippen LogP contribution is 2.24. The number of carboxylic acid groups (broad SMARTS) is 1. The summed E-state index contributed by atoms with van der Waals surface area (Å²) in [6.07, 6.45) is 3.97. The van der Waals surface area contributed by atoms with E-state index in [1.54, 1.807) is 6.19 Å². The highest BCUT2D eigenvalue weighted by Gasteiger charge is 2.20. The molecular formula is C20H19N3O2. The van der Waals surface area contributed by atoms with Crippen molar-refractivity contribution in [3.63, 3.8) is 0 Å². The van der Waals surface area contributed by atoms with Gasteiger partial charge in [-0.15, -0.1) is 0 Å². The second-order valence-electron chi connectivity index (χ2n) is 6.14. The normalized spacial score (nSPS) is 11.8. The Kier molecular flexibility index (Phi) is 4.71. The summed E-state index contributed by atoms with van der Waals surface area (Å²) in [5.74, 6) is -1.03. The van der Waals surface area contributed by atoms with Crippen LogP contribution in [0.4, 0.5) is 0 Å². The van der Waals surface area contributed by atoms with Crippen LogP contribution in [0, 0.1) is 18.4 Å². The average molecular weight is 333 g/mol. The lowest BCUT2D eigenvalue weighted by atomic mass is 10.1. The van der Waals surface area contributed by atoms with Gasteiger partial charge in [0.25, 0.3) is 0 Å². The van der Waals surface area contributed by atoms with Crippen molar-refractivity contribution in [2.75, 3.05) is 0 Å². The van der Waals surface area contributed by atoms with Crippen LogP contribution in [0.2, 0.25) is 0 Å². The molecule has 5 heteroatoms. The van der Waals surface area contributed by atoms with Gasteiger partial charge in [0.15, 0.2) is 6.19 Å². The largest absolute Gasteiger partial charge is 0.480 e. The van der Waals surface area contributed by atoms with Crippen LogP contribution in [0.5, 0.6) is 0 Å². The number of para-hydroxylation sites is 1. The Labute approximate surface area is 146 Å². The molecule has 3 rings (SSSR count). The molecule has 3 aromatic rings. The second-order valence-corrected chi connectivity index (χ2v) is 6.14. The third kappa shape index (κ3) is 3.64. The maximum Gasteiger partial charge on any atom is 0.327 e. The number of carboxylic acids is 1. The minimum atomic E-state index is -1.03. The molecule has 126 valence electrons. The molecule has 2 aromatic carbocycles. The van der Waals surface area contributed by atoms with Gasteiger partial charge in [-0.1, -0.05) is 48.0 Å². The van der Waals surface area contributed by atoms with Crippen molar-refractivity contribution in [1.29, 1.82) is 5.26 Å². The zero-order chi connectivity index (χ0) is 17.8. The molecule has 0 aliphatic carbocycles. The van der Waals surface area contributed by atoms with Gasteiger partial charge >= 0.3 is 5.97 Å². The minimum Gasteiger partial charge on any atom is -0.480 e. The number of rotatable bonds is 6. The van der Waals surface area contributed by atoms with Gasteiger partial charge in [-0.3, -0.25) is 0 Å². The first kappa shape index (κ1) is 16.6. The molecule has 0 fully saturated rings. The molecule has 0 radical (unpaired) electrons. The summed E-state index contributed by atoms with van der Waals surface area (Å²) in [7, 11) is 0. The zero-order valence-corrected chi connectivity index (χ0v) is 13.9. The van der Waals surface area contributed by atoms with E-state index < -0.39 is 12.0 Å². The third-order valence-corrected chi connectivity index (χ3v) is 4.31. The number of carbonyl (C=O) groups is 1. The Morgan fingerprint density at radius 2 is 1.96 bits per heavy atom. The van der Waals surface area contributed by atoms with E-state index in [0.717, 1.165) is 16.5 Å². The Bertz CT molecular complexity index is 936. The smallest absolute Gasteiger partial charge is 0.327 e. The Hall–Kier alpha value is -3.26. The lowest BCUT2D eigenvalue weighted by molar-refractivity contribution is -0.139. The average Bonchev–Trinajstić information content (AvgIpc) is 2.94. The van der Waals surface area contributed by atoms with Crippen molar-refractivity contribution < 1.29 is 9.90 Å². The number of nitrogens with one attached hydrogen (secondary N) is 1. The number of hydrogen-bond acceptors (Lipinski definition) is 3. The van der Waals surface area contributed by atoms with E-state index in [9.17, 15) is 9.90 Å². The van der Waals surface area contributed by atoms with E-state index in [0.29, 0.717) is 6.54 Å². The molecule has 0 aliphatic heterocycles. The first-order valence-corrected chi connectivity index (χ1v) is 8.08. The number of benzene rings is 2. The molecule has 1 atom stereocenters. The van der Waals surface area contributed by atoms with Gasteiger partial charge in [-0.25, -0.2) is 4.79 Å². The van der Waals surface area contributed by atoms with Gasteiger partial charge in [0.2, 0.25) is 0 Å². The lowest BCUT2D eigenvalue weighted by Gasteiger charge is -2.09. The van der Waals surface area contributed by atoms with Gasteiger partial charge in [-0.2, -0.15) is 5.26 Å². The molecule has 2 N–H and O–H groups in total. The van der Waals surface area contributed by atoms with Crippen LogP contribution in [0.1, 0.15) is 16.7 Å². The van der Waals surface area contributed by atoms with E-state index in [1.165, 1.54) is 11.1 Å². The summed E-state index contributed by atoms with van der Waals surface area (Å²) in [6.45, 7) is 2.77. The molecule has 0 saturated heterocycles. The Balaban J connectivity index is 1.96. The Morgan fingerprint density at radius 3 is 2.64 bits per heavy atom. The second kappa shape index (κ2) is 7.10. The van der Waals surface area contributed by atoms with Crippen LogP contribution >= 0.6 is 0 Å². The highest BCUT2D eigenvalue weighted by molar-refractivity contribution is 5.85. The Morgan fingerprint density at radius 1 is 1.24 bits per heavy atom. The maximum atomic E-state index is 11.3. The number of fused-ring (bicyclic) bond motifs is 1. The van der Waals surface area contributed by atoms with Crippen LogP contribution in [-0.4, -0.2) is 21.7 Å². The number of aryl methyl sites for hydroxylation is 1. The van der Waals surface area contributed by atoms with Crippen molar-refractivity contribution >= 4 is 16.9 Å². The summed E-state index contributed by atoms with van der Waals surface area (Å²) in [4.78, 5) is 11.3. The molecule has 25 heavy (non-hydrogen) atoms. The fourth-order valence-corrected chi connectivity index (χ4v) is 3.00. The molecular weight excluding hydrogens is 314 g/mol. The van der Waals surface area contributed by atoms with Crippen molar-refractivity contribution in [2.45, 2.75) is 25.9 Å². The third-order valence-electron chi connectivity index (χ3n) is 4.31. The quantitative estimate of drug-likeness (QED) is 0.537. The van der Waals surface area contributed by atoms with Gasteiger partial charge in [0.05, 0.1) is 0 Å². The number of hydrogen-bond donors (Lipinski definition) is 2. The van der Waals surface area contributed by atoms with Gasteiger partial charge in [0, 0.05) is 30.1 Å². The zero-order valence-electron chi connectivity index (χ0n) is 13.9. The number of aromatic nitrogens is 1. The summed E-state index contributed by atoms with van der Waals surface area (Å²) in [5, 5.41) is 21.4. The highest BCUT2D eigenvalue weighted by atomic mass is 16.4. The SMILES string of the molecule is Cc1ccc(Cn2cc(CC(NC#N)C(=O)O)c3ccccc32)cc1. The van der Waals surface area contributed by atoms with Gasteiger partial charge in [-0.05, 0) is 24.1 Å². The number of nitrogens with zero attached hydrogens (tertiary/aromatic N) is 2. The van der Waals surface area contributed by atoms with E-state index in [4.69, 9.17) is 5.26 Å². The van der Waals surface area contributed by atoms with Gasteiger partial charge < -0.3 is 15.0 Å². The monoisotopic (exact) mass is 333 g/mol. The topological polar surface area (TPSA) is 78.0 Å². The molecule has 0 amide bonds. The predicted molar refractivity (Wildman–Crippen MR) is 96.1 cm³/mol. The summed E-state index contributed by atoms with van der Waals surface area (Å²) >= 11 is 0. The van der Waals surface area contributed by atoms with E-state index >= 15 is 0 Å². The summed E-state index contributed by atoms with van der Waals surface area (Å²) in [6, 6.07) is 15.4. The van der Waals surface area contributed by atoms with Crippen LogP contribution in [0.25, 0.3) is 10.9 Å². The summed E-state index contributed by atoms with van der Waals surface area (Å²) in [5.41, 5.74) is 4.37. The molecule has 1 heterocycles. The van der Waals surface area contributed by atoms with Crippen LogP contribution in [0.3, 0.4) is 0 Å². The predicted octanol–water partition coefficient (Wildman–Crippen LogP) is 3.06. The molecule has 0 spiro atoms. The van der Waals surface area contributed by atoms with E-state index in [1.807, 2.05) is 30.5 Å². The van der Waals surface area contributed by atoms with E-state index in [-0.39, 0.29) is 6.42 Å². The van der Waals surface area contributed by atoms with Crippen molar-refractivity contribution in [3.8, 4) is 6.19 Å². The lowest BCUT2D eigenvalue weighted by Crippen LogP contribution is -2.35. The van der Waals surface area contributed by atoms with Gasteiger partial charge in [0.1, 0.15) is 6.04 Å². The fraction of sp³-hybridized carbons (Fsp3) is 0.200. The molecule has 0 bridgehead atoms. The first-order valence-electron chi connectivity index (χ1n) is 8.08. The molecule has 0 saturated carbocycles. The van der Waals surface area contributed by atoms with Crippen molar-refractivity contribution in [1.82, 2.24) is 9.88 Å². The van der Waals surface area contributed by atoms with Crippen LogP contribution in [0.15, 0.2) is 54.7 Å². The van der Waals surface area contributed by atoms with Crippen LogP contribution in [-0.2, 0) is 17.8 Å². The minimum absolute atomic E-state index is 0.254. The first-order chi connectivity index (χ1) is 12.1. The molecule has 1 unspecified atom stereocenters. The fourth-order valence-electron chi connectivity index (χ4n) is 3.00.